The molecule has 268 valence electrons. The van der Waals surface area contributed by atoms with Crippen LogP contribution >= 0.6 is 11.3 Å². The molecule has 10 rings (SSSR count). The molecule has 1 unspecified atom stereocenters. The molecule has 0 saturated carbocycles. The fraction of sp³-hybridized carbons (Fsp3) is 0.0577. The largest absolute Gasteiger partial charge is 0.398 e. The lowest BCUT2D eigenvalue weighted by Gasteiger charge is -2.14. The van der Waals surface area contributed by atoms with Crippen LogP contribution in [0.3, 0.4) is 0 Å². The predicted molar refractivity (Wildman–Crippen MR) is 241 cm³/mol. The molecule has 0 fully saturated rings. The smallest absolute Gasteiger partial charge is 0.0950 e. The van der Waals surface area contributed by atoms with Crippen molar-refractivity contribution in [2.24, 2.45) is 10.7 Å². The molecule has 1 aliphatic carbocycles. The van der Waals surface area contributed by atoms with E-state index in [1.54, 1.807) is 0 Å². The number of rotatable bonds is 8. The third-order valence-corrected chi connectivity index (χ3v) is 12.1. The molecule has 56 heavy (non-hydrogen) atoms. The summed E-state index contributed by atoms with van der Waals surface area (Å²) in [4.78, 5) is 5.10. The summed E-state index contributed by atoms with van der Waals surface area (Å²) in [6.45, 7) is 0. The summed E-state index contributed by atoms with van der Waals surface area (Å²) in [5.74, 6) is 0. The number of hydrogen-bond acceptors (Lipinski definition) is 3. The van der Waals surface area contributed by atoms with Gasteiger partial charge in [-0.1, -0.05) is 140 Å². The maximum atomic E-state index is 6.60. The van der Waals surface area contributed by atoms with Gasteiger partial charge in [0.15, 0.2) is 0 Å². The van der Waals surface area contributed by atoms with E-state index in [1.807, 2.05) is 47.9 Å². The van der Waals surface area contributed by atoms with Gasteiger partial charge in [0.1, 0.15) is 0 Å². The number of hydrogen-bond donors (Lipinski definition) is 1. The number of aliphatic imine (C=N–C) groups is 1. The van der Waals surface area contributed by atoms with Crippen LogP contribution in [-0.4, -0.2) is 16.8 Å². The lowest BCUT2D eigenvalue weighted by Crippen LogP contribution is -2.09. The molecule has 2 N–H and O–H groups in total. The minimum atomic E-state index is -0.174. The summed E-state index contributed by atoms with van der Waals surface area (Å²) in [7, 11) is 0. The van der Waals surface area contributed by atoms with Gasteiger partial charge in [-0.2, -0.15) is 0 Å². The van der Waals surface area contributed by atoms with Gasteiger partial charge >= 0.3 is 0 Å². The Labute approximate surface area is 330 Å². The summed E-state index contributed by atoms with van der Waals surface area (Å²) in [5, 5.41) is 5.14. The number of thiophene rings is 1. The Morgan fingerprint density at radius 3 is 2.12 bits per heavy atom. The normalized spacial score (nSPS) is 14.0. The van der Waals surface area contributed by atoms with E-state index < -0.39 is 0 Å². The molecular formula is C52H39N3S. The first-order valence-corrected chi connectivity index (χ1v) is 20.1. The molecule has 0 saturated heterocycles. The van der Waals surface area contributed by atoms with Crippen molar-refractivity contribution in [1.82, 2.24) is 4.57 Å². The van der Waals surface area contributed by atoms with Crippen LogP contribution in [0.4, 0.5) is 0 Å². The van der Waals surface area contributed by atoms with Gasteiger partial charge < -0.3 is 10.3 Å². The average Bonchev–Trinajstić information content (AvgIpc) is 3.81. The van der Waals surface area contributed by atoms with E-state index >= 15 is 0 Å². The van der Waals surface area contributed by atoms with E-state index in [-0.39, 0.29) is 6.04 Å². The SMILES string of the molecule is N/C(=C\C(/N=C/c1cccc(-c2ccc3c4ccccc4n(-c4ccc(-c5ccc6c(c5)sc5ccccc56)cc4)c3c2)c1)C1=CCCC=C1)c1ccccc1. The minimum Gasteiger partial charge on any atom is -0.398 e. The number of allylic oxidation sites excluding steroid dienone is 2. The van der Waals surface area contributed by atoms with Crippen molar-refractivity contribution in [3.63, 3.8) is 0 Å². The van der Waals surface area contributed by atoms with Crippen molar-refractivity contribution in [1.29, 1.82) is 0 Å². The zero-order chi connectivity index (χ0) is 37.4. The van der Waals surface area contributed by atoms with Crippen LogP contribution in [0, 0.1) is 0 Å². The van der Waals surface area contributed by atoms with Crippen molar-refractivity contribution in [2.75, 3.05) is 0 Å². The second-order valence-corrected chi connectivity index (χ2v) is 15.5. The minimum absolute atomic E-state index is 0.174. The van der Waals surface area contributed by atoms with Gasteiger partial charge in [-0.05, 0) is 100 Å². The van der Waals surface area contributed by atoms with Crippen molar-refractivity contribution < 1.29 is 0 Å². The van der Waals surface area contributed by atoms with Crippen LogP contribution in [0.25, 0.3) is 75.6 Å². The molecule has 0 amide bonds. The van der Waals surface area contributed by atoms with Crippen LogP contribution in [0.15, 0.2) is 199 Å². The second kappa shape index (κ2) is 14.5. The predicted octanol–water partition coefficient (Wildman–Crippen LogP) is 13.5. The molecular weight excluding hydrogens is 699 g/mol. The first-order valence-electron chi connectivity index (χ1n) is 19.2. The zero-order valence-electron chi connectivity index (χ0n) is 30.8. The topological polar surface area (TPSA) is 43.3 Å². The fourth-order valence-electron chi connectivity index (χ4n) is 8.08. The number of benzene rings is 7. The summed E-state index contributed by atoms with van der Waals surface area (Å²) >= 11 is 1.86. The molecule has 1 atom stereocenters. The molecule has 4 heteroatoms. The van der Waals surface area contributed by atoms with Crippen LogP contribution in [-0.2, 0) is 0 Å². The molecule has 0 spiro atoms. The number of para-hydroxylation sites is 1. The Hall–Kier alpha value is -6.75. The molecule has 2 aromatic heterocycles. The lowest BCUT2D eigenvalue weighted by atomic mass is 9.98. The van der Waals surface area contributed by atoms with Gasteiger partial charge in [0.05, 0.1) is 17.1 Å². The molecule has 9 aromatic rings. The number of aromatic nitrogens is 1. The van der Waals surface area contributed by atoms with Gasteiger partial charge in [0.2, 0.25) is 0 Å². The van der Waals surface area contributed by atoms with E-state index in [1.165, 1.54) is 58.7 Å². The monoisotopic (exact) mass is 737 g/mol. The quantitative estimate of drug-likeness (QED) is 0.155. The van der Waals surface area contributed by atoms with Gasteiger partial charge in [-0.3, -0.25) is 4.99 Å². The Morgan fingerprint density at radius 1 is 0.589 bits per heavy atom. The summed E-state index contributed by atoms with van der Waals surface area (Å²) in [6.07, 6.45) is 12.8. The molecule has 1 aliphatic rings. The van der Waals surface area contributed by atoms with E-state index in [0.29, 0.717) is 0 Å². The number of fused-ring (bicyclic) bond motifs is 6. The van der Waals surface area contributed by atoms with Gasteiger partial charge in [-0.25, -0.2) is 0 Å². The summed E-state index contributed by atoms with van der Waals surface area (Å²) < 4.78 is 5.05. The molecule has 0 bridgehead atoms. The third-order valence-electron chi connectivity index (χ3n) is 10.9. The Balaban J connectivity index is 0.991. The van der Waals surface area contributed by atoms with Crippen molar-refractivity contribution in [3.05, 3.63) is 205 Å². The van der Waals surface area contributed by atoms with E-state index in [4.69, 9.17) is 10.7 Å². The van der Waals surface area contributed by atoms with E-state index in [0.717, 1.165) is 46.5 Å². The van der Waals surface area contributed by atoms with E-state index in [2.05, 4.69) is 162 Å². The highest BCUT2D eigenvalue weighted by Crippen LogP contribution is 2.38. The standard InChI is InChI=1S/C52H39N3S/c53-47(37-13-3-1-4-14-37)33-48(38-15-5-2-6-16-38)54-34-35-12-11-17-39(30-35)40-24-28-44-43-18-7-9-20-49(43)55(50(44)31-40)42-26-22-36(23-27-42)41-25-29-46-45-19-8-10-21-51(45)56-52(46)32-41/h1,3-5,7-34,48H,2,6,53H2/b47-33-,54-34+. The molecule has 7 aromatic carbocycles. The maximum absolute atomic E-state index is 6.60. The summed E-state index contributed by atoms with van der Waals surface area (Å²) in [6, 6.07) is 58.7. The Bertz CT molecular complexity index is 3030. The van der Waals surface area contributed by atoms with Gasteiger partial charge in [-0.15, -0.1) is 11.3 Å². The Morgan fingerprint density at radius 2 is 1.29 bits per heavy atom. The van der Waals surface area contributed by atoms with Crippen LogP contribution in [0.1, 0.15) is 24.0 Å². The van der Waals surface area contributed by atoms with E-state index in [9.17, 15) is 0 Å². The first-order chi connectivity index (χ1) is 27.7. The molecule has 3 nitrogen and oxygen atoms in total. The molecule has 0 aliphatic heterocycles. The van der Waals surface area contributed by atoms with Gasteiger partial charge in [0, 0.05) is 48.5 Å². The first kappa shape index (κ1) is 33.8. The Kier molecular flexibility index (Phi) is 8.74. The average molecular weight is 738 g/mol. The van der Waals surface area contributed by atoms with Crippen molar-refractivity contribution >= 4 is 65.2 Å². The maximum Gasteiger partial charge on any atom is 0.0950 e. The third kappa shape index (κ3) is 6.34. The van der Waals surface area contributed by atoms with Crippen molar-refractivity contribution in [3.8, 4) is 27.9 Å². The second-order valence-electron chi connectivity index (χ2n) is 14.5. The van der Waals surface area contributed by atoms with Crippen LogP contribution < -0.4 is 5.73 Å². The lowest BCUT2D eigenvalue weighted by molar-refractivity contribution is 0.926. The molecule has 0 radical (unpaired) electrons. The van der Waals surface area contributed by atoms with Crippen LogP contribution in [0.2, 0.25) is 0 Å². The fourth-order valence-corrected chi connectivity index (χ4v) is 9.22. The molecule has 2 heterocycles. The number of nitrogens with zero attached hydrogens (tertiary/aromatic N) is 2. The highest BCUT2D eigenvalue weighted by molar-refractivity contribution is 7.25. The summed E-state index contributed by atoms with van der Waals surface area (Å²) in [5.41, 5.74) is 18.8. The van der Waals surface area contributed by atoms with Gasteiger partial charge in [0.25, 0.3) is 0 Å². The highest BCUT2D eigenvalue weighted by Gasteiger charge is 2.15. The van der Waals surface area contributed by atoms with Crippen LogP contribution in [0.5, 0.6) is 0 Å². The zero-order valence-corrected chi connectivity index (χ0v) is 31.7. The highest BCUT2D eigenvalue weighted by atomic mass is 32.1. The number of nitrogens with two attached hydrogens (primary N) is 1. The van der Waals surface area contributed by atoms with Crippen molar-refractivity contribution in [2.45, 2.75) is 18.9 Å².